The Bertz CT molecular complexity index is 852. The Balaban J connectivity index is 1.80. The highest BCUT2D eigenvalue weighted by Crippen LogP contribution is 2.47. The van der Waals surface area contributed by atoms with Gasteiger partial charge in [0, 0.05) is 24.2 Å². The molecule has 1 N–H and O–H groups in total. The summed E-state index contributed by atoms with van der Waals surface area (Å²) < 4.78 is 5.46. The predicted molar refractivity (Wildman–Crippen MR) is 113 cm³/mol. The van der Waals surface area contributed by atoms with Gasteiger partial charge in [0.25, 0.3) is 0 Å². The second-order valence-corrected chi connectivity index (χ2v) is 8.46. The highest BCUT2D eigenvalue weighted by atomic mass is 16.5. The molecule has 28 heavy (non-hydrogen) atoms. The topological polar surface area (TPSA) is 45.6 Å². The molecule has 1 aromatic heterocycles. The number of pyridine rings is 1. The zero-order chi connectivity index (χ0) is 19.7. The fourth-order valence-electron chi connectivity index (χ4n) is 5.39. The molecule has 0 amide bonds. The van der Waals surface area contributed by atoms with Crippen LogP contribution in [-0.2, 0) is 5.60 Å². The number of hydrogen-bond acceptors (Lipinski definition) is 4. The van der Waals surface area contributed by atoms with Crippen molar-refractivity contribution in [3.8, 4) is 5.75 Å². The number of rotatable bonds is 7. The van der Waals surface area contributed by atoms with Gasteiger partial charge in [0.05, 0.1) is 12.6 Å². The van der Waals surface area contributed by atoms with E-state index in [0.717, 1.165) is 61.0 Å². The average molecular weight is 381 g/mol. The van der Waals surface area contributed by atoms with Gasteiger partial charge in [0.15, 0.2) is 0 Å². The van der Waals surface area contributed by atoms with E-state index in [2.05, 4.69) is 29.5 Å². The maximum absolute atomic E-state index is 12.2. The third-order valence-corrected chi connectivity index (χ3v) is 6.99. The van der Waals surface area contributed by atoms with Crippen LogP contribution in [0.5, 0.6) is 5.75 Å². The van der Waals surface area contributed by atoms with Gasteiger partial charge in [0.1, 0.15) is 11.4 Å². The van der Waals surface area contributed by atoms with Crippen LogP contribution in [0.15, 0.2) is 43.1 Å². The lowest BCUT2D eigenvalue weighted by Gasteiger charge is -2.54. The average Bonchev–Trinajstić information content (AvgIpc) is 2.76. The van der Waals surface area contributed by atoms with Crippen LogP contribution in [0.25, 0.3) is 10.9 Å². The molecule has 0 aliphatic carbocycles. The number of piperidine rings is 3. The van der Waals surface area contributed by atoms with Crippen LogP contribution in [-0.4, -0.2) is 41.2 Å². The van der Waals surface area contributed by atoms with Crippen LogP contribution < -0.4 is 4.74 Å². The molecule has 3 fully saturated rings. The largest absolute Gasteiger partial charge is 0.497 e. The molecular weight excluding hydrogens is 348 g/mol. The fraction of sp³-hybridized carbons (Fsp3) is 0.542. The van der Waals surface area contributed by atoms with Crippen molar-refractivity contribution in [2.24, 2.45) is 11.8 Å². The number of unbranched alkanes of at least 4 members (excludes halogenated alkanes) is 1. The number of nitrogens with zero attached hydrogens (tertiary/aromatic N) is 2. The Morgan fingerprint density at radius 1 is 1.39 bits per heavy atom. The lowest BCUT2D eigenvalue weighted by atomic mass is 9.68. The zero-order valence-electron chi connectivity index (χ0n) is 17.1. The van der Waals surface area contributed by atoms with Gasteiger partial charge < -0.3 is 9.84 Å². The van der Waals surface area contributed by atoms with Crippen molar-refractivity contribution in [3.05, 3.63) is 48.7 Å². The first-order valence-corrected chi connectivity index (χ1v) is 10.6. The van der Waals surface area contributed by atoms with Crippen molar-refractivity contribution in [2.75, 3.05) is 20.2 Å². The smallest absolute Gasteiger partial charge is 0.119 e. The van der Waals surface area contributed by atoms with Gasteiger partial charge in [-0.2, -0.15) is 0 Å². The van der Waals surface area contributed by atoms with Gasteiger partial charge >= 0.3 is 0 Å². The van der Waals surface area contributed by atoms with Crippen LogP contribution >= 0.6 is 0 Å². The molecule has 3 saturated heterocycles. The molecule has 0 spiro atoms. The summed E-state index contributed by atoms with van der Waals surface area (Å²) in [5, 5.41) is 13.2. The Morgan fingerprint density at radius 3 is 2.93 bits per heavy atom. The van der Waals surface area contributed by atoms with Crippen molar-refractivity contribution < 1.29 is 9.84 Å². The monoisotopic (exact) mass is 380 g/mol. The van der Waals surface area contributed by atoms with E-state index in [9.17, 15) is 5.11 Å². The number of hydrogen-bond donors (Lipinski definition) is 1. The molecule has 3 aliphatic rings. The molecule has 4 heteroatoms. The van der Waals surface area contributed by atoms with Crippen LogP contribution in [0.3, 0.4) is 0 Å². The van der Waals surface area contributed by atoms with E-state index in [0.29, 0.717) is 11.8 Å². The lowest BCUT2D eigenvalue weighted by Crippen LogP contribution is -2.60. The Hall–Kier alpha value is -1.91. The number of ether oxygens (including phenoxy) is 1. The van der Waals surface area contributed by atoms with Gasteiger partial charge in [-0.3, -0.25) is 9.88 Å². The van der Waals surface area contributed by atoms with Gasteiger partial charge in [-0.25, -0.2) is 0 Å². The summed E-state index contributed by atoms with van der Waals surface area (Å²) in [7, 11) is 1.68. The van der Waals surface area contributed by atoms with Crippen LogP contribution in [0, 0.1) is 11.8 Å². The minimum atomic E-state index is -0.881. The van der Waals surface area contributed by atoms with Crippen molar-refractivity contribution >= 4 is 10.9 Å². The minimum Gasteiger partial charge on any atom is -0.497 e. The molecule has 0 radical (unpaired) electrons. The summed E-state index contributed by atoms with van der Waals surface area (Å²) in [6, 6.07) is 8.11. The molecule has 5 rings (SSSR count). The molecular formula is C24H32N2O2. The molecule has 2 aromatic rings. The number of methoxy groups -OCH3 is 1. The Kier molecular flexibility index (Phi) is 5.44. The Morgan fingerprint density at radius 2 is 2.25 bits per heavy atom. The molecule has 0 saturated carbocycles. The van der Waals surface area contributed by atoms with E-state index >= 15 is 0 Å². The van der Waals surface area contributed by atoms with Crippen LogP contribution in [0.1, 0.15) is 44.6 Å². The minimum absolute atomic E-state index is 0.144. The summed E-state index contributed by atoms with van der Waals surface area (Å²) in [5.74, 6) is 1.98. The number of fused-ring (bicyclic) bond motifs is 4. The first-order valence-electron chi connectivity index (χ1n) is 10.6. The van der Waals surface area contributed by atoms with E-state index < -0.39 is 5.60 Å². The SMILES string of the molecule is C=C[C@H]1CN2CC[C@H]1C[C@@H]2[C@](O)(CCCC)c1ccnc2ccc(OC)cc12. The van der Waals surface area contributed by atoms with E-state index in [1.54, 1.807) is 7.11 Å². The highest BCUT2D eigenvalue weighted by Gasteiger charge is 2.49. The number of benzene rings is 1. The zero-order valence-corrected chi connectivity index (χ0v) is 17.1. The second-order valence-electron chi connectivity index (χ2n) is 8.46. The third-order valence-electron chi connectivity index (χ3n) is 6.99. The molecule has 5 atom stereocenters. The maximum atomic E-state index is 12.2. The van der Waals surface area contributed by atoms with Gasteiger partial charge in [-0.05, 0) is 67.5 Å². The molecule has 4 nitrogen and oxygen atoms in total. The first kappa shape index (κ1) is 19.4. The van der Waals surface area contributed by atoms with Crippen molar-refractivity contribution in [1.29, 1.82) is 0 Å². The van der Waals surface area contributed by atoms with E-state index in [1.807, 2.05) is 30.5 Å². The molecule has 3 aliphatic heterocycles. The molecule has 2 bridgehead atoms. The van der Waals surface area contributed by atoms with Gasteiger partial charge in [-0.1, -0.05) is 25.8 Å². The van der Waals surface area contributed by atoms with E-state index in [1.165, 1.54) is 6.42 Å². The van der Waals surface area contributed by atoms with Crippen LogP contribution in [0.2, 0.25) is 0 Å². The Labute approximate surface area is 168 Å². The van der Waals surface area contributed by atoms with Crippen molar-refractivity contribution in [3.63, 3.8) is 0 Å². The molecule has 150 valence electrons. The number of aromatic nitrogens is 1. The quantitative estimate of drug-likeness (QED) is 0.718. The third kappa shape index (κ3) is 3.23. The maximum Gasteiger partial charge on any atom is 0.119 e. The predicted octanol–water partition coefficient (Wildman–Crippen LogP) is 4.52. The number of aliphatic hydroxyl groups is 1. The summed E-state index contributed by atoms with van der Waals surface area (Å²) in [6.45, 7) is 8.32. The van der Waals surface area contributed by atoms with Gasteiger partial charge in [0.2, 0.25) is 0 Å². The fourth-order valence-corrected chi connectivity index (χ4v) is 5.39. The highest BCUT2D eigenvalue weighted by molar-refractivity contribution is 5.84. The van der Waals surface area contributed by atoms with Crippen molar-refractivity contribution in [1.82, 2.24) is 9.88 Å². The van der Waals surface area contributed by atoms with E-state index in [-0.39, 0.29) is 6.04 Å². The molecule has 1 aromatic carbocycles. The lowest BCUT2D eigenvalue weighted by molar-refractivity contribution is -0.113. The van der Waals surface area contributed by atoms with Gasteiger partial charge in [-0.15, -0.1) is 6.58 Å². The van der Waals surface area contributed by atoms with Crippen LogP contribution in [0.4, 0.5) is 0 Å². The summed E-state index contributed by atoms with van der Waals surface area (Å²) in [6.07, 6.45) is 9.04. The second kappa shape index (κ2) is 7.84. The summed E-state index contributed by atoms with van der Waals surface area (Å²) in [5.41, 5.74) is 1.03. The normalized spacial score (nSPS) is 28.8. The standard InChI is InChI=1S/C24H32N2O2/c1-4-6-11-24(27,23-14-18-10-13-26(23)16-17(18)5-2)21-9-12-25-22-8-7-19(28-3)15-20(21)22/h5,7-9,12,15,17-18,23,27H,2,4,6,10-11,13-14,16H2,1,3H3/t17-,18-,23+,24-/m0/s1. The van der Waals surface area contributed by atoms with E-state index in [4.69, 9.17) is 4.74 Å². The molecule has 1 unspecified atom stereocenters. The summed E-state index contributed by atoms with van der Waals surface area (Å²) >= 11 is 0. The first-order chi connectivity index (χ1) is 13.6. The van der Waals surface area contributed by atoms with Crippen molar-refractivity contribution in [2.45, 2.75) is 50.7 Å². The summed E-state index contributed by atoms with van der Waals surface area (Å²) in [4.78, 5) is 7.04. The molecule has 4 heterocycles.